The fraction of sp³-hybridized carbons (Fsp3) is 0.350. The molecular weight excluding hydrogens is 284 g/mol. The van der Waals surface area contributed by atoms with Crippen LogP contribution in [0.5, 0.6) is 0 Å². The Hall–Kier alpha value is -1.97. The van der Waals surface area contributed by atoms with Gasteiger partial charge in [-0.1, -0.05) is 67.9 Å². The maximum atomic E-state index is 13.0. The zero-order chi connectivity index (χ0) is 16.2. The lowest BCUT2D eigenvalue weighted by Gasteiger charge is -2.18. The summed E-state index contributed by atoms with van der Waals surface area (Å²) in [6.07, 6.45) is 2.13. The van der Waals surface area contributed by atoms with E-state index in [-0.39, 0.29) is 23.9 Å². The molecule has 1 aliphatic rings. The van der Waals surface area contributed by atoms with Gasteiger partial charge in [0.1, 0.15) is 0 Å². The molecule has 3 rings (SSSR count). The third-order valence-electron chi connectivity index (χ3n) is 4.56. The summed E-state index contributed by atoms with van der Waals surface area (Å²) >= 11 is 0. The van der Waals surface area contributed by atoms with Crippen molar-refractivity contribution >= 4 is 5.78 Å². The second-order valence-electron chi connectivity index (χ2n) is 6.15. The Balaban J connectivity index is 1.92. The van der Waals surface area contributed by atoms with Crippen LogP contribution in [0.3, 0.4) is 0 Å². The number of nitrogens with one attached hydrogen (secondary N) is 2. The van der Waals surface area contributed by atoms with Crippen LogP contribution in [0, 0.1) is 0 Å². The van der Waals surface area contributed by atoms with Crippen molar-refractivity contribution in [3.05, 3.63) is 71.3 Å². The maximum Gasteiger partial charge on any atom is 0.164 e. The molecule has 3 nitrogen and oxygen atoms in total. The first-order valence-corrected chi connectivity index (χ1v) is 8.35. The lowest BCUT2D eigenvalue weighted by atomic mass is 9.89. The molecule has 120 valence electrons. The topological polar surface area (TPSA) is 41.1 Å². The van der Waals surface area contributed by atoms with Crippen LogP contribution in [0.25, 0.3) is 0 Å². The van der Waals surface area contributed by atoms with Gasteiger partial charge in [0.2, 0.25) is 0 Å². The molecule has 0 spiro atoms. The monoisotopic (exact) mass is 308 g/mol. The molecule has 0 radical (unpaired) electrons. The van der Waals surface area contributed by atoms with Crippen molar-refractivity contribution in [1.82, 2.24) is 10.6 Å². The Kier molecular flexibility index (Phi) is 4.89. The fourth-order valence-corrected chi connectivity index (χ4v) is 3.45. The molecule has 3 unspecified atom stereocenters. The molecule has 3 atom stereocenters. The Morgan fingerprint density at radius 1 is 1.04 bits per heavy atom. The van der Waals surface area contributed by atoms with E-state index < -0.39 is 0 Å². The van der Waals surface area contributed by atoms with Gasteiger partial charge >= 0.3 is 0 Å². The van der Waals surface area contributed by atoms with Gasteiger partial charge < -0.3 is 5.32 Å². The third-order valence-corrected chi connectivity index (χ3v) is 4.56. The van der Waals surface area contributed by atoms with Gasteiger partial charge in [-0.25, -0.2) is 0 Å². The van der Waals surface area contributed by atoms with E-state index >= 15 is 0 Å². The maximum absolute atomic E-state index is 13.0. The summed E-state index contributed by atoms with van der Waals surface area (Å²) < 4.78 is 0. The zero-order valence-electron chi connectivity index (χ0n) is 13.8. The van der Waals surface area contributed by atoms with Gasteiger partial charge in [0, 0.05) is 0 Å². The molecule has 0 saturated carbocycles. The predicted molar refractivity (Wildman–Crippen MR) is 93.4 cm³/mol. The molecule has 0 aliphatic carbocycles. The highest BCUT2D eigenvalue weighted by molar-refractivity contribution is 5.94. The first kappa shape index (κ1) is 15.9. The summed E-state index contributed by atoms with van der Waals surface area (Å²) in [5, 5.41) is 6.71. The number of carbonyl (C=O) groups excluding carboxylic acids is 1. The molecule has 0 aromatic heterocycles. The van der Waals surface area contributed by atoms with Crippen LogP contribution in [-0.2, 0) is 11.2 Å². The molecule has 1 heterocycles. The largest absolute Gasteiger partial charge is 0.304 e. The van der Waals surface area contributed by atoms with Crippen LogP contribution in [0.15, 0.2) is 54.6 Å². The van der Waals surface area contributed by atoms with E-state index in [4.69, 9.17) is 0 Å². The van der Waals surface area contributed by atoms with Crippen molar-refractivity contribution in [2.24, 2.45) is 0 Å². The molecule has 2 aromatic carbocycles. The first-order valence-electron chi connectivity index (χ1n) is 8.35. The van der Waals surface area contributed by atoms with Crippen LogP contribution in [0.2, 0.25) is 0 Å². The number of hydrogen-bond donors (Lipinski definition) is 2. The summed E-state index contributed by atoms with van der Waals surface area (Å²) in [6.45, 7) is 2.18. The van der Waals surface area contributed by atoms with Gasteiger partial charge in [-0.15, -0.1) is 0 Å². The van der Waals surface area contributed by atoms with Crippen molar-refractivity contribution < 1.29 is 4.79 Å². The quantitative estimate of drug-likeness (QED) is 0.891. The minimum Gasteiger partial charge on any atom is -0.304 e. The van der Waals surface area contributed by atoms with Crippen LogP contribution in [0.4, 0.5) is 0 Å². The summed E-state index contributed by atoms with van der Waals surface area (Å²) in [5.74, 6) is 0.0891. The highest BCUT2D eigenvalue weighted by Crippen LogP contribution is 2.34. The fourth-order valence-electron chi connectivity index (χ4n) is 3.45. The molecule has 0 amide bonds. The normalized spacial score (nSPS) is 24.1. The molecule has 2 aromatic rings. The molecule has 3 heteroatoms. The number of rotatable bonds is 5. The average Bonchev–Trinajstić information content (AvgIpc) is 2.93. The van der Waals surface area contributed by atoms with Gasteiger partial charge in [-0.05, 0) is 30.2 Å². The van der Waals surface area contributed by atoms with Crippen LogP contribution in [-0.4, -0.2) is 19.0 Å². The van der Waals surface area contributed by atoms with E-state index in [0.717, 1.165) is 24.0 Å². The highest BCUT2D eigenvalue weighted by atomic mass is 16.1. The zero-order valence-corrected chi connectivity index (χ0v) is 13.8. The van der Waals surface area contributed by atoms with E-state index in [1.54, 1.807) is 0 Å². The average molecular weight is 308 g/mol. The number of carbonyl (C=O) groups is 1. The van der Waals surface area contributed by atoms with Crippen molar-refractivity contribution in [1.29, 1.82) is 0 Å². The van der Waals surface area contributed by atoms with Crippen molar-refractivity contribution in [3.8, 4) is 0 Å². The lowest BCUT2D eigenvalue weighted by Crippen LogP contribution is -2.39. The Morgan fingerprint density at radius 3 is 2.48 bits per heavy atom. The first-order chi connectivity index (χ1) is 11.2. The van der Waals surface area contributed by atoms with Crippen LogP contribution in [0.1, 0.15) is 42.0 Å². The van der Waals surface area contributed by atoms with E-state index in [1.807, 2.05) is 37.4 Å². The molecular formula is C20H24N2O. The third kappa shape index (κ3) is 3.21. The minimum atomic E-state index is -0.242. The van der Waals surface area contributed by atoms with Gasteiger partial charge in [0.15, 0.2) is 5.78 Å². The summed E-state index contributed by atoms with van der Waals surface area (Å²) in [6, 6.07) is 18.2. The Bertz CT molecular complexity index is 668. The second kappa shape index (κ2) is 7.07. The Labute approximate surface area is 138 Å². The van der Waals surface area contributed by atoms with E-state index in [9.17, 15) is 4.79 Å². The van der Waals surface area contributed by atoms with Crippen molar-refractivity contribution in [2.45, 2.75) is 37.9 Å². The summed E-state index contributed by atoms with van der Waals surface area (Å²) in [7, 11) is 1.90. The molecule has 1 saturated heterocycles. The summed E-state index contributed by atoms with van der Waals surface area (Å²) in [5.41, 5.74) is 3.44. The molecule has 0 bridgehead atoms. The number of hydrogen-bond acceptors (Lipinski definition) is 3. The van der Waals surface area contributed by atoms with Crippen molar-refractivity contribution in [2.75, 3.05) is 7.05 Å². The van der Waals surface area contributed by atoms with Crippen LogP contribution < -0.4 is 10.6 Å². The van der Waals surface area contributed by atoms with Gasteiger partial charge in [-0.2, -0.15) is 0 Å². The number of likely N-dealkylation sites (N-methyl/N-ethyl adjacent to an activating group) is 1. The highest BCUT2D eigenvalue weighted by Gasteiger charge is 2.42. The minimum absolute atomic E-state index is 0.0374. The number of benzene rings is 2. The smallest absolute Gasteiger partial charge is 0.164 e. The van der Waals surface area contributed by atoms with Crippen LogP contribution >= 0.6 is 0 Å². The molecule has 23 heavy (non-hydrogen) atoms. The predicted octanol–water partition coefficient (Wildman–Crippen LogP) is 3.18. The van der Waals surface area contributed by atoms with Gasteiger partial charge in [-0.3, -0.25) is 10.1 Å². The van der Waals surface area contributed by atoms with Gasteiger partial charge in [0.25, 0.3) is 0 Å². The number of aryl methyl sites for hydroxylation is 1. The molecule has 1 aliphatic heterocycles. The van der Waals surface area contributed by atoms with E-state index in [2.05, 4.69) is 41.8 Å². The second-order valence-corrected chi connectivity index (χ2v) is 6.15. The SMILES string of the molecule is CCCc1cccc(C2C(=O)C(c3ccccc3)NC2NC)c1. The number of Topliss-reactive ketones (excluding diaryl/α,β-unsaturated/α-hetero) is 1. The van der Waals surface area contributed by atoms with Crippen molar-refractivity contribution in [3.63, 3.8) is 0 Å². The van der Waals surface area contributed by atoms with Gasteiger partial charge in [0.05, 0.1) is 18.1 Å². The Morgan fingerprint density at radius 2 is 1.78 bits per heavy atom. The van der Waals surface area contributed by atoms with E-state index in [0.29, 0.717) is 0 Å². The number of ketones is 1. The summed E-state index contributed by atoms with van der Waals surface area (Å²) in [4.78, 5) is 13.0. The lowest BCUT2D eigenvalue weighted by molar-refractivity contribution is -0.120. The molecule has 2 N–H and O–H groups in total. The standard InChI is InChI=1S/C20H24N2O/c1-3-8-14-9-7-12-16(13-14)17-19(23)18(22-20(17)21-2)15-10-5-4-6-11-15/h4-7,9-13,17-18,20-22H,3,8H2,1-2H3. The molecule has 1 fully saturated rings. The van der Waals surface area contributed by atoms with E-state index in [1.165, 1.54) is 5.56 Å².